The molecule has 2 atom stereocenters. The average Bonchev–Trinajstić information content (AvgIpc) is 3.45. The Morgan fingerprint density at radius 3 is 2.79 bits per heavy atom. The van der Waals surface area contributed by atoms with Gasteiger partial charge in [-0.3, -0.25) is 19.3 Å². The highest BCUT2D eigenvalue weighted by Crippen LogP contribution is 2.34. The van der Waals surface area contributed by atoms with Crippen LogP contribution in [0.1, 0.15) is 34.4 Å². The van der Waals surface area contributed by atoms with E-state index in [0.717, 1.165) is 23.5 Å². The van der Waals surface area contributed by atoms with E-state index in [1.165, 1.54) is 16.9 Å². The van der Waals surface area contributed by atoms with Gasteiger partial charge in [-0.15, -0.1) is 16.8 Å². The summed E-state index contributed by atoms with van der Waals surface area (Å²) in [5, 5.41) is 21.5. The number of carbonyl (C=O) groups excluding carboxylic acids is 1. The number of aromatic hydroxyl groups is 1. The second kappa shape index (κ2) is 8.32. The molecule has 0 aliphatic carbocycles. The molecule has 1 N–H and O–H groups in total. The van der Waals surface area contributed by atoms with E-state index < -0.39 is 28.7 Å². The van der Waals surface area contributed by atoms with Crippen LogP contribution < -0.4 is 10.4 Å². The van der Waals surface area contributed by atoms with Gasteiger partial charge in [-0.05, 0) is 30.9 Å². The van der Waals surface area contributed by atoms with Gasteiger partial charge in [0.25, 0.3) is 5.91 Å². The first-order valence-corrected chi connectivity index (χ1v) is 11.6. The molecule has 1 fully saturated rings. The topological polar surface area (TPSA) is 91.6 Å². The Morgan fingerprint density at radius 1 is 1.29 bits per heavy atom. The summed E-state index contributed by atoms with van der Waals surface area (Å²) < 4.78 is 28.8. The second-order valence-corrected chi connectivity index (χ2v) is 9.31. The smallest absolute Gasteiger partial charge is 0.278 e. The van der Waals surface area contributed by atoms with E-state index in [2.05, 4.69) is 16.8 Å². The number of carbonyl (C=O) groups is 1. The van der Waals surface area contributed by atoms with Crippen LogP contribution in [0.4, 0.5) is 8.78 Å². The maximum absolute atomic E-state index is 14.0. The Bertz CT molecular complexity index is 1370. The van der Waals surface area contributed by atoms with Gasteiger partial charge in [-0.25, -0.2) is 8.78 Å². The van der Waals surface area contributed by atoms with Crippen LogP contribution in [0.5, 0.6) is 5.75 Å². The third kappa shape index (κ3) is 3.47. The number of pyridine rings is 1. The first-order valence-electron chi connectivity index (χ1n) is 10.8. The summed E-state index contributed by atoms with van der Waals surface area (Å²) in [7, 11) is 0. The number of hydrogen-bond acceptors (Lipinski definition) is 7. The fourth-order valence-electron chi connectivity index (χ4n) is 4.55. The minimum atomic E-state index is -0.732. The van der Waals surface area contributed by atoms with E-state index in [-0.39, 0.29) is 40.3 Å². The number of benzene rings is 1. The van der Waals surface area contributed by atoms with Crippen molar-refractivity contribution in [2.75, 3.05) is 18.1 Å². The third-order valence-corrected chi connectivity index (χ3v) is 7.23. The van der Waals surface area contributed by atoms with E-state index in [9.17, 15) is 23.5 Å². The summed E-state index contributed by atoms with van der Waals surface area (Å²) in [6.45, 7) is 6.72. The van der Waals surface area contributed by atoms with E-state index >= 15 is 0 Å². The van der Waals surface area contributed by atoms with Crippen molar-refractivity contribution in [1.29, 1.82) is 0 Å². The summed E-state index contributed by atoms with van der Waals surface area (Å²) in [5.74, 6) is -2.30. The molecule has 4 heterocycles. The fourth-order valence-corrected chi connectivity index (χ4v) is 5.42. The van der Waals surface area contributed by atoms with Crippen molar-refractivity contribution in [2.24, 2.45) is 5.92 Å². The first-order chi connectivity index (χ1) is 16.3. The van der Waals surface area contributed by atoms with Crippen molar-refractivity contribution in [2.45, 2.75) is 25.9 Å². The number of amides is 1. The molecule has 0 bridgehead atoms. The zero-order chi connectivity index (χ0) is 24.1. The van der Waals surface area contributed by atoms with Crippen LogP contribution in [0.25, 0.3) is 10.6 Å². The summed E-state index contributed by atoms with van der Waals surface area (Å²) in [5.41, 5.74) is -0.489. The Balaban J connectivity index is 1.56. The van der Waals surface area contributed by atoms with Crippen LogP contribution in [-0.4, -0.2) is 50.0 Å². The Kier molecular flexibility index (Phi) is 5.43. The molecule has 3 aromatic rings. The Morgan fingerprint density at radius 2 is 2.09 bits per heavy atom. The lowest BCUT2D eigenvalue weighted by molar-refractivity contribution is 0.0607. The van der Waals surface area contributed by atoms with Crippen molar-refractivity contribution in [3.05, 3.63) is 75.2 Å². The van der Waals surface area contributed by atoms with Gasteiger partial charge in [0.2, 0.25) is 5.43 Å². The highest BCUT2D eigenvalue weighted by Gasteiger charge is 2.44. The molecule has 2 aromatic heterocycles. The lowest BCUT2D eigenvalue weighted by Crippen LogP contribution is -2.58. The van der Waals surface area contributed by atoms with Crippen molar-refractivity contribution >= 4 is 17.2 Å². The molecular formula is C23H21F2N5O3S. The molecular weight excluding hydrogens is 464 g/mol. The van der Waals surface area contributed by atoms with Crippen LogP contribution in [0.3, 0.4) is 0 Å². The number of rotatable bonds is 5. The average molecular weight is 486 g/mol. The molecule has 0 spiro atoms. The number of hydrogen-bond donors (Lipinski definition) is 1. The molecule has 1 amide bonds. The van der Waals surface area contributed by atoms with Gasteiger partial charge >= 0.3 is 0 Å². The lowest BCUT2D eigenvalue weighted by atomic mass is 10.1. The van der Waals surface area contributed by atoms with Crippen LogP contribution in [0, 0.1) is 17.6 Å². The van der Waals surface area contributed by atoms with Crippen molar-refractivity contribution < 1.29 is 18.7 Å². The Labute approximate surface area is 197 Å². The third-order valence-electron chi connectivity index (χ3n) is 6.27. The first kappa shape index (κ1) is 22.2. The molecule has 2 aliphatic rings. The zero-order valence-electron chi connectivity index (χ0n) is 18.2. The molecule has 8 nitrogen and oxygen atoms in total. The van der Waals surface area contributed by atoms with Gasteiger partial charge in [0.1, 0.15) is 22.8 Å². The monoisotopic (exact) mass is 485 g/mol. The number of fused-ring (bicyclic) bond motifs is 3. The molecule has 2 aliphatic heterocycles. The van der Waals surface area contributed by atoms with Crippen molar-refractivity contribution in [3.63, 3.8) is 0 Å². The molecule has 1 saturated heterocycles. The van der Waals surface area contributed by atoms with Crippen molar-refractivity contribution in [1.82, 2.24) is 19.8 Å². The molecule has 11 heteroatoms. The van der Waals surface area contributed by atoms with Crippen LogP contribution >= 0.6 is 11.3 Å². The second-order valence-electron chi connectivity index (χ2n) is 8.25. The molecule has 0 saturated carbocycles. The quantitative estimate of drug-likeness (QED) is 0.559. The van der Waals surface area contributed by atoms with E-state index in [1.807, 2.05) is 18.0 Å². The maximum Gasteiger partial charge on any atom is 0.278 e. The summed E-state index contributed by atoms with van der Waals surface area (Å²) in [6, 6.07) is 3.29. The van der Waals surface area contributed by atoms with Gasteiger partial charge in [-0.1, -0.05) is 23.5 Å². The fraction of sp³-hybridized carbons (Fsp3) is 0.304. The lowest BCUT2D eigenvalue weighted by Gasteiger charge is -2.42. The predicted octanol–water partition coefficient (Wildman–Crippen LogP) is 2.89. The molecule has 0 radical (unpaired) electrons. The molecule has 34 heavy (non-hydrogen) atoms. The minimum absolute atomic E-state index is 0.0706. The molecule has 0 unspecified atom stereocenters. The van der Waals surface area contributed by atoms with Gasteiger partial charge in [0, 0.05) is 31.8 Å². The maximum atomic E-state index is 14.0. The van der Waals surface area contributed by atoms with E-state index in [4.69, 9.17) is 0 Å². The normalized spacial score (nSPS) is 19.3. The van der Waals surface area contributed by atoms with Crippen LogP contribution in [0.15, 0.2) is 41.8 Å². The SMILES string of the molecule is C=C[C@H]1C[C@@H]2N(CC)C(=O)c3c(O)c(=O)c(-c4nnc(Cc5ccc(F)cc5F)s4)cn3N2C1. The number of nitrogens with zero attached hydrogens (tertiary/aromatic N) is 5. The van der Waals surface area contributed by atoms with Crippen LogP contribution in [-0.2, 0) is 6.42 Å². The van der Waals surface area contributed by atoms with Gasteiger partial charge in [-0.2, -0.15) is 0 Å². The van der Waals surface area contributed by atoms with Gasteiger partial charge in [0.15, 0.2) is 16.5 Å². The Hall–Kier alpha value is -3.60. The van der Waals surface area contributed by atoms with Crippen molar-refractivity contribution in [3.8, 4) is 16.3 Å². The minimum Gasteiger partial charge on any atom is -0.502 e. The van der Waals surface area contributed by atoms with E-state index in [1.54, 1.807) is 4.90 Å². The standard InChI is InChI=1S/C23H21F2N5O3S/c1-3-12-7-18-28(4-2)23(33)19-21(32)20(31)15(11-30(19)29(18)10-12)22-27-26-17(34-22)8-13-5-6-14(24)9-16(13)25/h3,5-6,9,11-12,18,32H,1,4,7-8,10H2,2H3/t12-,18+/m0/s1. The van der Waals surface area contributed by atoms with Crippen LogP contribution in [0.2, 0.25) is 0 Å². The summed E-state index contributed by atoms with van der Waals surface area (Å²) >= 11 is 1.07. The molecule has 1 aromatic carbocycles. The molecule has 176 valence electrons. The number of halogens is 2. The summed E-state index contributed by atoms with van der Waals surface area (Å²) in [4.78, 5) is 27.8. The molecule has 5 rings (SSSR count). The van der Waals surface area contributed by atoms with Gasteiger partial charge in [0.05, 0.1) is 5.56 Å². The highest BCUT2D eigenvalue weighted by molar-refractivity contribution is 7.14. The zero-order valence-corrected chi connectivity index (χ0v) is 19.1. The largest absolute Gasteiger partial charge is 0.502 e. The summed E-state index contributed by atoms with van der Waals surface area (Å²) in [6.07, 6.45) is 3.88. The highest BCUT2D eigenvalue weighted by atomic mass is 32.1. The van der Waals surface area contributed by atoms with Gasteiger partial charge < -0.3 is 10.0 Å². The predicted molar refractivity (Wildman–Crippen MR) is 122 cm³/mol. The number of aromatic nitrogens is 3. The van der Waals surface area contributed by atoms with E-state index in [0.29, 0.717) is 24.5 Å².